The van der Waals surface area contributed by atoms with Gasteiger partial charge in [-0.2, -0.15) is 0 Å². The Morgan fingerprint density at radius 2 is 1.26 bits per heavy atom. The summed E-state index contributed by atoms with van der Waals surface area (Å²) in [6.45, 7) is 23.5. The molecule has 500 valence electrons. The third-order valence-electron chi connectivity index (χ3n) is 18.6. The number of nitrogens with one attached hydrogen (secondary N) is 2. The zero-order valence-electron chi connectivity index (χ0n) is 56.8. The van der Waals surface area contributed by atoms with E-state index in [9.17, 15) is 19.5 Å². The summed E-state index contributed by atoms with van der Waals surface area (Å²) in [4.78, 5) is 150. The second-order valence-electron chi connectivity index (χ2n) is 27.2. The lowest BCUT2D eigenvalue weighted by Crippen LogP contribution is -2.61. The molecule has 6 rings (SSSR count). The molecule has 0 bridgehead atoms. The summed E-state index contributed by atoms with van der Waals surface area (Å²) in [5, 5.41) is 17.8. The van der Waals surface area contributed by atoms with Crippen LogP contribution in [0.4, 0.5) is 5.82 Å². The van der Waals surface area contributed by atoms with E-state index in [-0.39, 0.29) is 44.6 Å². The Morgan fingerprint density at radius 1 is 0.637 bits per heavy atom. The third-order valence-corrected chi connectivity index (χ3v) is 18.6. The normalized spacial score (nSPS) is 25.7. The van der Waals surface area contributed by atoms with Gasteiger partial charge in [0.2, 0.25) is 35.4 Å². The second kappa shape index (κ2) is 32.3. The molecule has 3 aliphatic rings. The molecule has 21 nitrogen and oxygen atoms in total. The number of ether oxygens (including phenoxy) is 2. The average Bonchev–Trinajstić information content (AvgIpc) is 1.85. The van der Waals surface area contributed by atoms with E-state index < -0.39 is 137 Å². The fourth-order valence-corrected chi connectivity index (χ4v) is 13.2. The number of aliphatic hydroxyl groups is 1. The van der Waals surface area contributed by atoms with Gasteiger partial charge >= 0.3 is 5.97 Å². The van der Waals surface area contributed by atoms with E-state index >= 15 is 28.8 Å². The maximum atomic E-state index is 15.8. The zero-order valence-corrected chi connectivity index (χ0v) is 56.8. The fourth-order valence-electron chi connectivity index (χ4n) is 13.2. The molecule has 91 heavy (non-hydrogen) atoms. The molecule has 11 atom stereocenters. The number of carbonyl (C=O) groups is 9. The van der Waals surface area contributed by atoms with Crippen molar-refractivity contribution in [1.82, 2.24) is 40.1 Å². The number of hydrogen-bond donors (Lipinski definition) is 3. The molecule has 4 heterocycles. The topological polar surface area (TPSA) is 249 Å². The Hall–Kier alpha value is -7.26. The first kappa shape index (κ1) is 72.8. The molecule has 3 aromatic rings. The van der Waals surface area contributed by atoms with Gasteiger partial charge in [0.15, 0.2) is 17.9 Å². The molecule has 0 radical (unpaired) electrons. The average molecular weight is 1260 g/mol. The van der Waals surface area contributed by atoms with Crippen LogP contribution >= 0.6 is 0 Å². The van der Waals surface area contributed by atoms with Crippen molar-refractivity contribution in [3.05, 3.63) is 84.1 Å². The van der Waals surface area contributed by atoms with Crippen LogP contribution in [0.2, 0.25) is 0 Å². The van der Waals surface area contributed by atoms with Crippen LogP contribution in [0.15, 0.2) is 72.9 Å². The zero-order chi connectivity index (χ0) is 67.3. The Kier molecular flexibility index (Phi) is 25.9. The summed E-state index contributed by atoms with van der Waals surface area (Å²) in [6.07, 6.45) is 1.50. The molecular weight excluding hydrogens is 1160 g/mol. The van der Waals surface area contributed by atoms with E-state index in [4.69, 9.17) is 14.5 Å². The lowest BCUT2D eigenvalue weighted by atomic mass is 9.85. The van der Waals surface area contributed by atoms with Crippen LogP contribution in [-0.2, 0) is 65.5 Å². The number of hydrogen-bond acceptors (Lipinski definition) is 14. The predicted molar refractivity (Wildman–Crippen MR) is 349 cm³/mol. The standard InChI is InChI=1S/C70H103N9O12/c1-17-45(9)57-67(86)75(14)58(43(5)6)55(80)40-51(36-42(3)4)64(83)77(16)61(70(11,12)89)69(88)91-60(46(10)18-2)68(87)76(15)59(44(7)8)63(82)72-52(38-47-24-20-19-21-25-47)65(84)74(13)54(66(85)79-31-23-28-53(79)62(81)73-57)39-48-26-22-27-49(37-48)50-29-30-56(71-41-50)78-32-34-90-35-33-78/h19-22,24-27,29-30,37,41-46,51-54,57-61,89H,17-18,23,28,31-36,38-40H2,1-16H3,(H,72,82)(H,73,81)/t45-,46-,51+,52-,53-,54-,57-,58-,59-,60+,61+/m0/s1. The smallest absolute Gasteiger partial charge is 0.332 e. The molecule has 0 unspecified atom stereocenters. The number of nitrogens with zero attached hydrogens (tertiary/aromatic N) is 7. The first-order chi connectivity index (χ1) is 42.9. The Labute approximate surface area is 539 Å². The fraction of sp³-hybridized carbons (Fsp3) is 0.629. The number of esters is 1. The molecule has 3 aliphatic heterocycles. The van der Waals surface area contributed by atoms with Crippen LogP contribution in [0.3, 0.4) is 0 Å². The van der Waals surface area contributed by atoms with Crippen molar-refractivity contribution in [2.75, 3.05) is 65.9 Å². The summed E-state index contributed by atoms with van der Waals surface area (Å²) in [7, 11) is 5.78. The summed E-state index contributed by atoms with van der Waals surface area (Å²) in [5.41, 5.74) is 1.03. The number of pyridine rings is 1. The molecule has 3 N–H and O–H groups in total. The van der Waals surface area contributed by atoms with Crippen LogP contribution in [0, 0.1) is 35.5 Å². The molecular formula is C70H103N9O12. The lowest BCUT2D eigenvalue weighted by molar-refractivity contribution is -0.178. The van der Waals surface area contributed by atoms with Gasteiger partial charge in [-0.05, 0) is 92.0 Å². The van der Waals surface area contributed by atoms with Crippen molar-refractivity contribution in [3.63, 3.8) is 0 Å². The van der Waals surface area contributed by atoms with Gasteiger partial charge in [-0.3, -0.25) is 38.4 Å². The number of carbonyl (C=O) groups excluding carboxylic acids is 9. The van der Waals surface area contributed by atoms with Crippen molar-refractivity contribution in [1.29, 1.82) is 0 Å². The van der Waals surface area contributed by atoms with Crippen molar-refractivity contribution >= 4 is 58.9 Å². The van der Waals surface area contributed by atoms with E-state index in [1.165, 1.54) is 61.6 Å². The van der Waals surface area contributed by atoms with Crippen molar-refractivity contribution in [3.8, 4) is 11.1 Å². The molecule has 0 aliphatic carbocycles. The Bertz CT molecular complexity index is 3000. The van der Waals surface area contributed by atoms with Gasteiger partial charge in [0.1, 0.15) is 36.0 Å². The molecule has 21 heteroatoms. The number of anilines is 1. The summed E-state index contributed by atoms with van der Waals surface area (Å²) < 4.78 is 11.7. The highest BCUT2D eigenvalue weighted by Gasteiger charge is 2.48. The van der Waals surface area contributed by atoms with Gasteiger partial charge in [0.25, 0.3) is 5.91 Å². The van der Waals surface area contributed by atoms with Crippen LogP contribution in [-0.4, -0.2) is 203 Å². The number of rotatable bonds is 15. The molecule has 1 aromatic heterocycles. The molecule has 3 saturated heterocycles. The van der Waals surface area contributed by atoms with Crippen LogP contribution in [0.25, 0.3) is 11.1 Å². The molecule has 0 saturated carbocycles. The second-order valence-corrected chi connectivity index (χ2v) is 27.2. The van der Waals surface area contributed by atoms with Gasteiger partial charge in [0, 0.05) is 90.7 Å². The van der Waals surface area contributed by atoms with Crippen LogP contribution in [0.5, 0.6) is 0 Å². The number of cyclic esters (lactones) is 1. The number of morpholine rings is 1. The highest BCUT2D eigenvalue weighted by atomic mass is 16.6. The van der Waals surface area contributed by atoms with Crippen LogP contribution < -0.4 is 15.5 Å². The van der Waals surface area contributed by atoms with Gasteiger partial charge < -0.3 is 54.6 Å². The maximum Gasteiger partial charge on any atom is 0.332 e. The molecule has 3 fully saturated rings. The minimum Gasteiger partial charge on any atom is -0.450 e. The van der Waals surface area contributed by atoms with Crippen molar-refractivity contribution in [2.24, 2.45) is 35.5 Å². The Morgan fingerprint density at radius 3 is 1.85 bits per heavy atom. The predicted octanol–water partition coefficient (Wildman–Crippen LogP) is 6.36. The summed E-state index contributed by atoms with van der Waals surface area (Å²) in [5.74, 6) is -8.47. The summed E-state index contributed by atoms with van der Waals surface area (Å²) >= 11 is 0. The first-order valence-electron chi connectivity index (χ1n) is 32.8. The number of aromatic nitrogens is 1. The minimum atomic E-state index is -1.96. The quantitative estimate of drug-likeness (QED) is 0.140. The van der Waals surface area contributed by atoms with E-state index in [1.807, 2.05) is 82.3 Å². The lowest BCUT2D eigenvalue weighted by Gasteiger charge is -2.39. The molecule has 7 amide bonds. The monoisotopic (exact) mass is 1260 g/mol. The Balaban J connectivity index is 1.51. The number of fused-ring (bicyclic) bond motifs is 1. The number of ketones is 1. The molecule has 0 spiro atoms. The molecule has 2 aromatic carbocycles. The minimum absolute atomic E-state index is 0.0241. The van der Waals surface area contributed by atoms with E-state index in [2.05, 4.69) is 15.5 Å². The van der Waals surface area contributed by atoms with E-state index in [1.54, 1.807) is 59.9 Å². The highest BCUT2D eigenvalue weighted by Crippen LogP contribution is 2.31. The van der Waals surface area contributed by atoms with Crippen LogP contribution in [0.1, 0.15) is 133 Å². The first-order valence-corrected chi connectivity index (χ1v) is 32.8. The number of benzene rings is 2. The van der Waals surface area contributed by atoms with Gasteiger partial charge in [-0.15, -0.1) is 0 Å². The number of likely N-dealkylation sites (N-methyl/N-ethyl adjacent to an activating group) is 4. The third kappa shape index (κ3) is 18.1. The maximum absolute atomic E-state index is 15.8. The number of Topliss-reactive ketones (excluding diaryl/α,β-unsaturated/α-hetero) is 1. The van der Waals surface area contributed by atoms with E-state index in [0.29, 0.717) is 56.7 Å². The van der Waals surface area contributed by atoms with E-state index in [0.717, 1.165) is 21.8 Å². The van der Waals surface area contributed by atoms with Gasteiger partial charge in [0.05, 0.1) is 24.9 Å². The van der Waals surface area contributed by atoms with Crippen molar-refractivity contribution < 1.29 is 57.7 Å². The summed E-state index contributed by atoms with van der Waals surface area (Å²) in [6, 6.07) is 11.8. The largest absolute Gasteiger partial charge is 0.450 e. The van der Waals surface area contributed by atoms with Gasteiger partial charge in [-0.25, -0.2) is 9.78 Å². The van der Waals surface area contributed by atoms with Gasteiger partial charge in [-0.1, -0.05) is 130 Å². The van der Waals surface area contributed by atoms with Crippen molar-refractivity contribution in [2.45, 2.75) is 188 Å². The SMILES string of the molecule is CC[C@H](C)[C@@H]1NC(=O)[C@@H]2CCCN2C(=O)[C@H](Cc2cccc(-c3ccc(N4CCOCC4)nc3)c2)N(C)C(=O)[C@H](Cc2ccccc2)NC(=O)[C@H](C(C)C)N(C)C(=O)[C@@H]([C@@H](C)CC)OC(=O)[C@H](C(C)(C)O)N(C)C(=O)[C@H](CC(C)C)CC(=O)[C@H](C(C)C)N(C)C1=O. The highest BCUT2D eigenvalue weighted by molar-refractivity contribution is 5.99. The number of amides is 7.